The van der Waals surface area contributed by atoms with Crippen molar-refractivity contribution in [1.82, 2.24) is 15.5 Å². The summed E-state index contributed by atoms with van der Waals surface area (Å²) < 4.78 is 0. The average Bonchev–Trinajstić information content (AvgIpc) is 2.67. The second-order valence-electron chi connectivity index (χ2n) is 5.19. The molecule has 92 valence electrons. The lowest BCUT2D eigenvalue weighted by Gasteiger charge is -2.20. The van der Waals surface area contributed by atoms with E-state index in [1.165, 1.54) is 5.56 Å². The van der Waals surface area contributed by atoms with Crippen LogP contribution in [0.3, 0.4) is 0 Å². The number of nitrogens with zero attached hydrogens (tertiary/aromatic N) is 1. The molecule has 0 fully saturated rings. The van der Waals surface area contributed by atoms with Gasteiger partial charge in [0.15, 0.2) is 0 Å². The third-order valence-corrected chi connectivity index (χ3v) is 2.76. The number of rotatable bonds is 5. The summed E-state index contributed by atoms with van der Waals surface area (Å²) in [4.78, 5) is 0. The zero-order valence-electron chi connectivity index (χ0n) is 10.7. The van der Waals surface area contributed by atoms with E-state index >= 15 is 0 Å². The number of hydrogen-bond acceptors (Lipinski definition) is 3. The Morgan fingerprint density at radius 1 is 1.50 bits per heavy atom. The molecule has 1 aromatic rings. The van der Waals surface area contributed by atoms with Crippen molar-refractivity contribution in [1.29, 1.82) is 0 Å². The quantitative estimate of drug-likeness (QED) is 0.713. The fourth-order valence-corrected chi connectivity index (χ4v) is 1.69. The van der Waals surface area contributed by atoms with E-state index in [0.29, 0.717) is 0 Å². The highest BCUT2D eigenvalue weighted by Crippen LogP contribution is 2.23. The Morgan fingerprint density at radius 2 is 2.19 bits per heavy atom. The van der Waals surface area contributed by atoms with Gasteiger partial charge in [0.1, 0.15) is 0 Å². The first kappa shape index (κ1) is 13.2. The molecule has 0 unspecified atom stereocenters. The SMILES string of the molecule is CC[C@H](CO)NCc1cn[nH]c1C(C)(C)C. The lowest BCUT2D eigenvalue weighted by molar-refractivity contribution is 0.238. The first-order valence-corrected chi connectivity index (χ1v) is 5.86. The fraction of sp³-hybridized carbons (Fsp3) is 0.750. The summed E-state index contributed by atoms with van der Waals surface area (Å²) in [6, 6.07) is 0.169. The average molecular weight is 225 g/mol. The van der Waals surface area contributed by atoms with Crippen molar-refractivity contribution in [2.75, 3.05) is 6.61 Å². The Balaban J connectivity index is 2.64. The molecule has 0 aliphatic heterocycles. The van der Waals surface area contributed by atoms with Gasteiger partial charge >= 0.3 is 0 Å². The minimum absolute atomic E-state index is 0.0778. The number of aliphatic hydroxyl groups excluding tert-OH is 1. The third kappa shape index (κ3) is 3.32. The molecule has 4 heteroatoms. The summed E-state index contributed by atoms with van der Waals surface area (Å²) in [6.07, 6.45) is 2.79. The molecule has 16 heavy (non-hydrogen) atoms. The van der Waals surface area contributed by atoms with Crippen LogP contribution < -0.4 is 5.32 Å². The topological polar surface area (TPSA) is 60.9 Å². The summed E-state index contributed by atoms with van der Waals surface area (Å²) in [6.45, 7) is 9.48. The molecule has 0 aliphatic carbocycles. The van der Waals surface area contributed by atoms with E-state index in [9.17, 15) is 0 Å². The predicted octanol–water partition coefficient (Wildman–Crippen LogP) is 1.57. The Bertz CT molecular complexity index is 310. The zero-order chi connectivity index (χ0) is 12.2. The molecule has 0 saturated heterocycles. The van der Waals surface area contributed by atoms with E-state index in [1.807, 2.05) is 6.20 Å². The van der Waals surface area contributed by atoms with E-state index in [2.05, 4.69) is 43.2 Å². The molecule has 1 rings (SSSR count). The molecule has 0 bridgehead atoms. The lowest BCUT2D eigenvalue weighted by atomic mass is 9.89. The van der Waals surface area contributed by atoms with Gasteiger partial charge in [0.25, 0.3) is 0 Å². The van der Waals surface area contributed by atoms with Gasteiger partial charge in [-0.25, -0.2) is 0 Å². The molecule has 0 aliphatic rings. The van der Waals surface area contributed by atoms with Gasteiger partial charge in [-0.2, -0.15) is 5.10 Å². The smallest absolute Gasteiger partial charge is 0.0584 e. The van der Waals surface area contributed by atoms with Gasteiger partial charge in [0, 0.05) is 29.3 Å². The van der Waals surface area contributed by atoms with Gasteiger partial charge < -0.3 is 10.4 Å². The minimum Gasteiger partial charge on any atom is -0.395 e. The summed E-state index contributed by atoms with van der Waals surface area (Å²) in [5.41, 5.74) is 2.42. The van der Waals surface area contributed by atoms with Crippen molar-refractivity contribution in [3.05, 3.63) is 17.5 Å². The third-order valence-electron chi connectivity index (χ3n) is 2.76. The van der Waals surface area contributed by atoms with Crippen LogP contribution in [-0.4, -0.2) is 28.0 Å². The summed E-state index contributed by atoms with van der Waals surface area (Å²) in [5, 5.41) is 19.6. The van der Waals surface area contributed by atoms with Crippen LogP contribution in [0, 0.1) is 0 Å². The Hall–Kier alpha value is -0.870. The van der Waals surface area contributed by atoms with Crippen LogP contribution in [0.5, 0.6) is 0 Å². The monoisotopic (exact) mass is 225 g/mol. The molecular weight excluding hydrogens is 202 g/mol. The summed E-state index contributed by atoms with van der Waals surface area (Å²) >= 11 is 0. The van der Waals surface area contributed by atoms with E-state index in [0.717, 1.165) is 18.7 Å². The molecule has 1 aromatic heterocycles. The van der Waals surface area contributed by atoms with Gasteiger partial charge in [-0.1, -0.05) is 27.7 Å². The van der Waals surface area contributed by atoms with Crippen LogP contribution >= 0.6 is 0 Å². The summed E-state index contributed by atoms with van der Waals surface area (Å²) in [5.74, 6) is 0. The molecule has 0 saturated carbocycles. The van der Waals surface area contributed by atoms with Crippen molar-refractivity contribution in [2.24, 2.45) is 0 Å². The van der Waals surface area contributed by atoms with Crippen molar-refractivity contribution in [2.45, 2.75) is 52.1 Å². The molecule has 0 amide bonds. The number of nitrogens with one attached hydrogen (secondary N) is 2. The Labute approximate surface area is 97.5 Å². The van der Waals surface area contributed by atoms with Gasteiger partial charge in [0.05, 0.1) is 12.8 Å². The highest BCUT2D eigenvalue weighted by molar-refractivity contribution is 5.23. The first-order chi connectivity index (χ1) is 7.49. The van der Waals surface area contributed by atoms with Crippen LogP contribution in [-0.2, 0) is 12.0 Å². The number of aromatic nitrogens is 2. The molecule has 1 atom stereocenters. The summed E-state index contributed by atoms with van der Waals surface area (Å²) in [7, 11) is 0. The van der Waals surface area contributed by atoms with Crippen molar-refractivity contribution >= 4 is 0 Å². The standard InChI is InChI=1S/C12H23N3O/c1-5-10(8-16)13-6-9-7-14-15-11(9)12(2,3)4/h7,10,13,16H,5-6,8H2,1-4H3,(H,14,15)/t10-/m1/s1. The first-order valence-electron chi connectivity index (χ1n) is 5.86. The minimum atomic E-state index is 0.0778. The second-order valence-corrected chi connectivity index (χ2v) is 5.19. The molecule has 4 nitrogen and oxygen atoms in total. The Morgan fingerprint density at radius 3 is 2.69 bits per heavy atom. The predicted molar refractivity (Wildman–Crippen MR) is 65.3 cm³/mol. The number of aromatic amines is 1. The maximum Gasteiger partial charge on any atom is 0.0584 e. The lowest BCUT2D eigenvalue weighted by Crippen LogP contribution is -2.31. The van der Waals surface area contributed by atoms with Crippen molar-refractivity contribution in [3.8, 4) is 0 Å². The molecule has 1 heterocycles. The largest absolute Gasteiger partial charge is 0.395 e. The van der Waals surface area contributed by atoms with E-state index in [1.54, 1.807) is 0 Å². The van der Waals surface area contributed by atoms with Gasteiger partial charge in [0.2, 0.25) is 0 Å². The zero-order valence-corrected chi connectivity index (χ0v) is 10.7. The maximum absolute atomic E-state index is 9.10. The molecule has 3 N–H and O–H groups in total. The number of hydrogen-bond donors (Lipinski definition) is 3. The van der Waals surface area contributed by atoms with Crippen LogP contribution in [0.1, 0.15) is 45.4 Å². The number of aliphatic hydroxyl groups is 1. The molecule has 0 radical (unpaired) electrons. The fourth-order valence-electron chi connectivity index (χ4n) is 1.69. The Kier molecular flexibility index (Phi) is 4.50. The van der Waals surface area contributed by atoms with E-state index < -0.39 is 0 Å². The van der Waals surface area contributed by atoms with E-state index in [4.69, 9.17) is 5.11 Å². The van der Waals surface area contributed by atoms with E-state index in [-0.39, 0.29) is 18.1 Å². The molecule has 0 spiro atoms. The van der Waals surface area contributed by atoms with Crippen LogP contribution in [0.25, 0.3) is 0 Å². The second kappa shape index (κ2) is 5.46. The highest BCUT2D eigenvalue weighted by Gasteiger charge is 2.20. The van der Waals surface area contributed by atoms with Crippen LogP contribution in [0.15, 0.2) is 6.20 Å². The maximum atomic E-state index is 9.10. The highest BCUT2D eigenvalue weighted by atomic mass is 16.3. The van der Waals surface area contributed by atoms with Crippen LogP contribution in [0.4, 0.5) is 0 Å². The van der Waals surface area contributed by atoms with Crippen LogP contribution in [0.2, 0.25) is 0 Å². The number of H-pyrrole nitrogens is 1. The molecular formula is C12H23N3O. The van der Waals surface area contributed by atoms with Gasteiger partial charge in [-0.15, -0.1) is 0 Å². The normalized spacial score (nSPS) is 14.1. The van der Waals surface area contributed by atoms with Gasteiger partial charge in [-0.3, -0.25) is 5.10 Å². The van der Waals surface area contributed by atoms with Crippen molar-refractivity contribution < 1.29 is 5.11 Å². The van der Waals surface area contributed by atoms with Gasteiger partial charge in [-0.05, 0) is 6.42 Å². The molecule has 0 aromatic carbocycles. The van der Waals surface area contributed by atoms with Crippen molar-refractivity contribution in [3.63, 3.8) is 0 Å².